The van der Waals surface area contributed by atoms with Gasteiger partial charge in [-0.15, -0.1) is 0 Å². The van der Waals surface area contributed by atoms with E-state index in [9.17, 15) is 4.79 Å². The van der Waals surface area contributed by atoms with Crippen LogP contribution in [0.4, 0.5) is 4.79 Å². The topological polar surface area (TPSA) is 58.4 Å². The molecule has 1 saturated carbocycles. The van der Waals surface area contributed by atoms with Crippen molar-refractivity contribution in [3.8, 4) is 0 Å². The second-order valence-electron chi connectivity index (χ2n) is 5.96. The zero-order valence-electron chi connectivity index (χ0n) is 12.9. The molecule has 4 heteroatoms. The predicted octanol–water partition coefficient (Wildman–Crippen LogP) is 2.73. The van der Waals surface area contributed by atoms with Gasteiger partial charge in [0.2, 0.25) is 0 Å². The van der Waals surface area contributed by atoms with Crippen molar-refractivity contribution in [2.75, 3.05) is 19.6 Å². The van der Waals surface area contributed by atoms with Crippen LogP contribution in [0.3, 0.4) is 0 Å². The highest BCUT2D eigenvalue weighted by atomic mass is 16.2. The Balaban J connectivity index is 2.71. The smallest absolute Gasteiger partial charge is 0.317 e. The SMILES string of the molecule is CCCCNC(=O)N(CC)C1(CN)CCCC(C)C1. The molecule has 1 aliphatic carbocycles. The number of nitrogens with zero attached hydrogens (tertiary/aromatic N) is 1. The van der Waals surface area contributed by atoms with Crippen molar-refractivity contribution in [1.29, 1.82) is 0 Å². The molecule has 0 saturated heterocycles. The molecule has 1 rings (SSSR count). The van der Waals surface area contributed by atoms with E-state index in [2.05, 4.69) is 26.1 Å². The zero-order chi connectivity index (χ0) is 14.3. The minimum Gasteiger partial charge on any atom is -0.338 e. The van der Waals surface area contributed by atoms with Crippen LogP contribution < -0.4 is 11.1 Å². The molecule has 0 radical (unpaired) electrons. The van der Waals surface area contributed by atoms with E-state index in [0.29, 0.717) is 12.5 Å². The molecule has 2 amide bonds. The van der Waals surface area contributed by atoms with Gasteiger partial charge in [0.05, 0.1) is 5.54 Å². The molecule has 0 aromatic heterocycles. The number of nitrogens with one attached hydrogen (secondary N) is 1. The Bertz CT molecular complexity index is 283. The number of rotatable bonds is 6. The van der Waals surface area contributed by atoms with Gasteiger partial charge in [0.15, 0.2) is 0 Å². The molecule has 0 heterocycles. The summed E-state index contributed by atoms with van der Waals surface area (Å²) >= 11 is 0. The van der Waals surface area contributed by atoms with Crippen LogP contribution in [0.1, 0.15) is 59.3 Å². The van der Waals surface area contributed by atoms with Crippen molar-refractivity contribution < 1.29 is 4.79 Å². The van der Waals surface area contributed by atoms with Gasteiger partial charge in [-0.3, -0.25) is 0 Å². The first-order chi connectivity index (χ1) is 9.09. The highest BCUT2D eigenvalue weighted by Gasteiger charge is 2.40. The summed E-state index contributed by atoms with van der Waals surface area (Å²) in [6, 6.07) is 0.0653. The van der Waals surface area contributed by atoms with E-state index in [1.54, 1.807) is 0 Å². The molecule has 0 bridgehead atoms. The number of carbonyl (C=O) groups excluding carboxylic acids is 1. The fourth-order valence-corrected chi connectivity index (χ4v) is 3.34. The maximum atomic E-state index is 12.4. The first-order valence-electron chi connectivity index (χ1n) is 7.85. The van der Waals surface area contributed by atoms with Crippen LogP contribution in [0.2, 0.25) is 0 Å². The molecule has 0 aromatic rings. The van der Waals surface area contributed by atoms with Crippen LogP contribution in [0.15, 0.2) is 0 Å². The third-order valence-corrected chi connectivity index (χ3v) is 4.39. The van der Waals surface area contributed by atoms with Gasteiger partial charge >= 0.3 is 6.03 Å². The standard InChI is InChI=1S/C15H31N3O/c1-4-6-10-17-14(19)18(5-2)15(12-16)9-7-8-13(3)11-15/h13H,4-12,16H2,1-3H3,(H,17,19). The van der Waals surface area contributed by atoms with Crippen molar-refractivity contribution >= 4 is 6.03 Å². The molecule has 112 valence electrons. The van der Waals surface area contributed by atoms with Gasteiger partial charge < -0.3 is 16.0 Å². The van der Waals surface area contributed by atoms with E-state index >= 15 is 0 Å². The number of likely N-dealkylation sites (N-methyl/N-ethyl adjacent to an activating group) is 1. The summed E-state index contributed by atoms with van der Waals surface area (Å²) in [7, 11) is 0. The largest absolute Gasteiger partial charge is 0.338 e. The summed E-state index contributed by atoms with van der Waals surface area (Å²) < 4.78 is 0. The summed E-state index contributed by atoms with van der Waals surface area (Å²) in [5, 5.41) is 3.04. The third-order valence-electron chi connectivity index (χ3n) is 4.39. The van der Waals surface area contributed by atoms with Gasteiger partial charge in [0.25, 0.3) is 0 Å². The Labute approximate surface area is 118 Å². The number of carbonyl (C=O) groups is 1. The van der Waals surface area contributed by atoms with Crippen LogP contribution in [0.25, 0.3) is 0 Å². The van der Waals surface area contributed by atoms with Crippen LogP contribution >= 0.6 is 0 Å². The quantitative estimate of drug-likeness (QED) is 0.728. The van der Waals surface area contributed by atoms with Crippen LogP contribution in [0, 0.1) is 5.92 Å². The van der Waals surface area contributed by atoms with Gasteiger partial charge in [0.1, 0.15) is 0 Å². The molecule has 0 aliphatic heterocycles. The zero-order valence-corrected chi connectivity index (χ0v) is 12.9. The van der Waals surface area contributed by atoms with Gasteiger partial charge in [-0.1, -0.05) is 33.1 Å². The lowest BCUT2D eigenvalue weighted by Crippen LogP contribution is -2.60. The third kappa shape index (κ3) is 4.10. The summed E-state index contributed by atoms with van der Waals surface area (Å²) in [6.45, 7) is 8.53. The number of hydrogen-bond acceptors (Lipinski definition) is 2. The molecule has 0 aromatic carbocycles. The fraction of sp³-hybridized carbons (Fsp3) is 0.933. The molecular weight excluding hydrogens is 238 g/mol. The first-order valence-corrected chi connectivity index (χ1v) is 7.85. The second-order valence-corrected chi connectivity index (χ2v) is 5.96. The summed E-state index contributed by atoms with van der Waals surface area (Å²) in [6.07, 6.45) is 6.66. The Morgan fingerprint density at radius 3 is 2.74 bits per heavy atom. The van der Waals surface area contributed by atoms with Crippen LogP contribution in [-0.2, 0) is 0 Å². The molecule has 4 nitrogen and oxygen atoms in total. The average Bonchev–Trinajstić information content (AvgIpc) is 2.40. The summed E-state index contributed by atoms with van der Waals surface area (Å²) in [4.78, 5) is 14.4. The van der Waals surface area contributed by atoms with Crippen molar-refractivity contribution in [3.05, 3.63) is 0 Å². The van der Waals surface area contributed by atoms with Gasteiger partial charge in [-0.25, -0.2) is 4.79 Å². The van der Waals surface area contributed by atoms with Crippen molar-refractivity contribution in [2.24, 2.45) is 11.7 Å². The molecule has 0 spiro atoms. The van der Waals surface area contributed by atoms with E-state index in [-0.39, 0.29) is 11.6 Å². The molecule has 1 aliphatic rings. The Morgan fingerprint density at radius 1 is 1.47 bits per heavy atom. The Morgan fingerprint density at radius 2 is 2.21 bits per heavy atom. The van der Waals surface area contributed by atoms with Gasteiger partial charge in [0, 0.05) is 19.6 Å². The highest BCUT2D eigenvalue weighted by Crippen LogP contribution is 2.36. The fourth-order valence-electron chi connectivity index (χ4n) is 3.34. The highest BCUT2D eigenvalue weighted by molar-refractivity contribution is 5.75. The van der Waals surface area contributed by atoms with Crippen LogP contribution in [0.5, 0.6) is 0 Å². The maximum Gasteiger partial charge on any atom is 0.317 e. The minimum atomic E-state index is -0.122. The average molecular weight is 269 g/mol. The van der Waals surface area contributed by atoms with Gasteiger partial charge in [-0.2, -0.15) is 0 Å². The normalized spacial score (nSPS) is 27.1. The van der Waals surface area contributed by atoms with Crippen molar-refractivity contribution in [1.82, 2.24) is 10.2 Å². The van der Waals surface area contributed by atoms with E-state index in [0.717, 1.165) is 38.8 Å². The monoisotopic (exact) mass is 269 g/mol. The van der Waals surface area contributed by atoms with Gasteiger partial charge in [-0.05, 0) is 32.1 Å². The maximum absolute atomic E-state index is 12.4. The Hall–Kier alpha value is -0.770. The molecule has 1 fully saturated rings. The molecule has 3 N–H and O–H groups in total. The lowest BCUT2D eigenvalue weighted by Gasteiger charge is -2.47. The van der Waals surface area contributed by atoms with E-state index in [1.807, 2.05) is 4.90 Å². The van der Waals surface area contributed by atoms with Crippen molar-refractivity contribution in [2.45, 2.75) is 64.8 Å². The lowest BCUT2D eigenvalue weighted by atomic mass is 9.75. The second kappa shape index (κ2) is 7.73. The lowest BCUT2D eigenvalue weighted by molar-refractivity contribution is 0.0697. The number of nitrogens with two attached hydrogens (primary N) is 1. The molecular formula is C15H31N3O. The Kier molecular flexibility index (Phi) is 6.63. The van der Waals surface area contributed by atoms with E-state index < -0.39 is 0 Å². The number of amides is 2. The molecule has 2 atom stereocenters. The first kappa shape index (κ1) is 16.3. The number of hydrogen-bond donors (Lipinski definition) is 2. The van der Waals surface area contributed by atoms with Crippen molar-refractivity contribution in [3.63, 3.8) is 0 Å². The predicted molar refractivity (Wildman–Crippen MR) is 80.1 cm³/mol. The number of urea groups is 1. The summed E-state index contributed by atoms with van der Waals surface area (Å²) in [5.41, 5.74) is 5.93. The van der Waals surface area contributed by atoms with E-state index in [1.165, 1.54) is 12.8 Å². The molecule has 2 unspecified atom stereocenters. The minimum absolute atomic E-state index is 0.0653. The summed E-state index contributed by atoms with van der Waals surface area (Å²) in [5.74, 6) is 0.662. The number of unbranched alkanes of at least 4 members (excludes halogenated alkanes) is 1. The molecule has 19 heavy (non-hydrogen) atoms. The van der Waals surface area contributed by atoms with Crippen LogP contribution in [-0.4, -0.2) is 36.1 Å². The van der Waals surface area contributed by atoms with E-state index in [4.69, 9.17) is 5.73 Å².